The Bertz CT molecular complexity index is 205. The Morgan fingerprint density at radius 1 is 1.44 bits per heavy atom. The average molecular weight is 236 g/mol. The Kier molecular flexibility index (Phi) is 1.79. The molecule has 0 saturated carbocycles. The molecule has 50 valence electrons. The van der Waals surface area contributed by atoms with Gasteiger partial charge in [0.2, 0.25) is 0 Å². The normalized spacial score (nSPS) is 10.2. The second-order valence-electron chi connectivity index (χ2n) is 2.11. The molecule has 0 N–H and O–H groups in total. The molecule has 0 aliphatic carbocycles. The van der Waals surface area contributed by atoms with Gasteiger partial charge in [0.15, 0.2) is 0 Å². The number of rotatable bonds is 0. The van der Waals surface area contributed by atoms with E-state index in [4.69, 9.17) is 0 Å². The van der Waals surface area contributed by atoms with Gasteiger partial charge >= 0.3 is 0 Å². The van der Waals surface area contributed by atoms with E-state index in [1.165, 1.54) is 9.26 Å². The smallest absolute Gasteiger partial charge is 0.0729 e. The van der Waals surface area contributed by atoms with Crippen molar-refractivity contribution in [1.82, 2.24) is 9.78 Å². The molecule has 1 aromatic heterocycles. The molecule has 0 aliphatic heterocycles. The van der Waals surface area contributed by atoms with Crippen LogP contribution in [0.2, 0.25) is 0 Å². The third-order valence-electron chi connectivity index (χ3n) is 1.42. The van der Waals surface area contributed by atoms with Crippen LogP contribution in [0.15, 0.2) is 0 Å². The summed E-state index contributed by atoms with van der Waals surface area (Å²) in [5.74, 6) is 0. The highest BCUT2D eigenvalue weighted by molar-refractivity contribution is 14.1. The van der Waals surface area contributed by atoms with Crippen LogP contribution in [0, 0.1) is 17.4 Å². The zero-order valence-electron chi connectivity index (χ0n) is 5.77. The molecular weight excluding hydrogens is 227 g/mol. The van der Waals surface area contributed by atoms with Crippen molar-refractivity contribution in [2.24, 2.45) is 7.05 Å². The van der Waals surface area contributed by atoms with Gasteiger partial charge in [-0.1, -0.05) is 0 Å². The van der Waals surface area contributed by atoms with E-state index in [0.717, 1.165) is 5.69 Å². The Balaban J connectivity index is 3.29. The largest absolute Gasteiger partial charge is 0.272 e. The molecule has 0 unspecified atom stereocenters. The van der Waals surface area contributed by atoms with Crippen molar-refractivity contribution in [3.8, 4) is 0 Å². The fourth-order valence-corrected chi connectivity index (χ4v) is 1.20. The van der Waals surface area contributed by atoms with Crippen LogP contribution >= 0.6 is 22.6 Å². The van der Waals surface area contributed by atoms with Crippen molar-refractivity contribution in [1.29, 1.82) is 0 Å². The summed E-state index contributed by atoms with van der Waals surface area (Å²) in [7, 11) is 1.96. The first-order valence-electron chi connectivity index (χ1n) is 2.78. The molecule has 0 atom stereocenters. The van der Waals surface area contributed by atoms with Crippen molar-refractivity contribution in [3.05, 3.63) is 15.0 Å². The standard InChI is InChI=1S/C6H9IN2/c1-4-6(7)5(2)9(3)8-4/h1-3H3. The van der Waals surface area contributed by atoms with Crippen molar-refractivity contribution in [3.63, 3.8) is 0 Å². The number of aromatic nitrogens is 2. The van der Waals surface area contributed by atoms with Gasteiger partial charge in [-0.25, -0.2) is 0 Å². The molecule has 0 amide bonds. The second-order valence-corrected chi connectivity index (χ2v) is 3.19. The van der Waals surface area contributed by atoms with Crippen LogP contribution in [-0.2, 0) is 7.05 Å². The minimum absolute atomic E-state index is 1.12. The summed E-state index contributed by atoms with van der Waals surface area (Å²) in [6.45, 7) is 4.09. The maximum Gasteiger partial charge on any atom is 0.0729 e. The number of aryl methyl sites for hydroxylation is 2. The van der Waals surface area contributed by atoms with E-state index >= 15 is 0 Å². The highest BCUT2D eigenvalue weighted by atomic mass is 127. The van der Waals surface area contributed by atoms with E-state index in [1.54, 1.807) is 0 Å². The Labute approximate surface area is 68.4 Å². The van der Waals surface area contributed by atoms with Gasteiger partial charge in [-0.15, -0.1) is 0 Å². The van der Waals surface area contributed by atoms with E-state index in [1.807, 2.05) is 18.7 Å². The zero-order valence-corrected chi connectivity index (χ0v) is 7.93. The Morgan fingerprint density at radius 3 is 2.11 bits per heavy atom. The van der Waals surface area contributed by atoms with Crippen molar-refractivity contribution >= 4 is 22.6 Å². The quantitative estimate of drug-likeness (QED) is 0.626. The van der Waals surface area contributed by atoms with Crippen LogP contribution < -0.4 is 0 Å². The zero-order chi connectivity index (χ0) is 7.02. The molecular formula is C6H9IN2. The van der Waals surface area contributed by atoms with Gasteiger partial charge in [-0.05, 0) is 36.4 Å². The molecule has 0 aromatic carbocycles. The summed E-state index contributed by atoms with van der Waals surface area (Å²) in [6.07, 6.45) is 0. The lowest BCUT2D eigenvalue weighted by Gasteiger charge is -1.89. The predicted octanol–water partition coefficient (Wildman–Crippen LogP) is 1.64. The number of nitrogens with zero attached hydrogens (tertiary/aromatic N) is 2. The molecule has 0 aliphatic rings. The van der Waals surface area contributed by atoms with E-state index in [2.05, 4.69) is 34.6 Å². The van der Waals surface area contributed by atoms with Crippen LogP contribution in [-0.4, -0.2) is 9.78 Å². The summed E-state index contributed by atoms with van der Waals surface area (Å²) in [6, 6.07) is 0. The highest BCUT2D eigenvalue weighted by Crippen LogP contribution is 2.13. The third kappa shape index (κ3) is 1.10. The van der Waals surface area contributed by atoms with Crippen molar-refractivity contribution in [2.75, 3.05) is 0 Å². The highest BCUT2D eigenvalue weighted by Gasteiger charge is 2.03. The SMILES string of the molecule is Cc1nn(C)c(C)c1I. The Morgan fingerprint density at radius 2 is 2.00 bits per heavy atom. The van der Waals surface area contributed by atoms with Crippen molar-refractivity contribution < 1.29 is 0 Å². The van der Waals surface area contributed by atoms with Crippen LogP contribution in [0.4, 0.5) is 0 Å². The maximum atomic E-state index is 4.22. The predicted molar refractivity (Wildman–Crippen MR) is 45.4 cm³/mol. The number of hydrogen-bond donors (Lipinski definition) is 0. The molecule has 9 heavy (non-hydrogen) atoms. The third-order valence-corrected chi connectivity index (χ3v) is 2.98. The lowest BCUT2D eigenvalue weighted by molar-refractivity contribution is 0.731. The molecule has 0 saturated heterocycles. The van der Waals surface area contributed by atoms with Gasteiger partial charge in [0, 0.05) is 12.7 Å². The summed E-state index contributed by atoms with van der Waals surface area (Å²) < 4.78 is 3.17. The molecule has 0 radical (unpaired) electrons. The molecule has 0 fully saturated rings. The van der Waals surface area contributed by atoms with E-state index in [9.17, 15) is 0 Å². The second kappa shape index (κ2) is 2.28. The summed E-state index contributed by atoms with van der Waals surface area (Å²) in [5.41, 5.74) is 2.36. The van der Waals surface area contributed by atoms with Gasteiger partial charge in [-0.3, -0.25) is 4.68 Å². The van der Waals surface area contributed by atoms with Gasteiger partial charge in [0.1, 0.15) is 0 Å². The van der Waals surface area contributed by atoms with Gasteiger partial charge in [0.25, 0.3) is 0 Å². The minimum atomic E-state index is 1.12. The van der Waals surface area contributed by atoms with Crippen molar-refractivity contribution in [2.45, 2.75) is 13.8 Å². The fourth-order valence-electron chi connectivity index (χ4n) is 0.748. The lowest BCUT2D eigenvalue weighted by Crippen LogP contribution is -1.92. The van der Waals surface area contributed by atoms with E-state index in [-0.39, 0.29) is 0 Å². The van der Waals surface area contributed by atoms with Crippen LogP contribution in [0.5, 0.6) is 0 Å². The van der Waals surface area contributed by atoms with Gasteiger partial charge < -0.3 is 0 Å². The van der Waals surface area contributed by atoms with E-state index < -0.39 is 0 Å². The first-order valence-corrected chi connectivity index (χ1v) is 3.86. The van der Waals surface area contributed by atoms with Crippen LogP contribution in [0.1, 0.15) is 11.4 Å². The van der Waals surface area contributed by atoms with Crippen LogP contribution in [0.3, 0.4) is 0 Å². The molecule has 1 heterocycles. The van der Waals surface area contributed by atoms with E-state index in [0.29, 0.717) is 0 Å². The summed E-state index contributed by atoms with van der Waals surface area (Å²) in [4.78, 5) is 0. The number of hydrogen-bond acceptors (Lipinski definition) is 1. The first-order chi connectivity index (χ1) is 4.13. The van der Waals surface area contributed by atoms with Gasteiger partial charge in [-0.2, -0.15) is 5.10 Å². The molecule has 1 aromatic rings. The number of halogens is 1. The molecule has 0 spiro atoms. The molecule has 2 nitrogen and oxygen atoms in total. The maximum absolute atomic E-state index is 4.22. The Hall–Kier alpha value is -0.0600. The fraction of sp³-hybridized carbons (Fsp3) is 0.500. The average Bonchev–Trinajstić information content (AvgIpc) is 1.98. The molecule has 1 rings (SSSR count). The lowest BCUT2D eigenvalue weighted by atomic mass is 10.4. The minimum Gasteiger partial charge on any atom is -0.272 e. The molecule has 3 heteroatoms. The monoisotopic (exact) mass is 236 g/mol. The first kappa shape index (κ1) is 7.05. The molecule has 0 bridgehead atoms. The topological polar surface area (TPSA) is 17.8 Å². The van der Waals surface area contributed by atoms with Gasteiger partial charge in [0.05, 0.1) is 9.26 Å². The summed E-state index contributed by atoms with van der Waals surface area (Å²) >= 11 is 2.31. The summed E-state index contributed by atoms with van der Waals surface area (Å²) in [5, 5.41) is 4.22. The van der Waals surface area contributed by atoms with Crippen LogP contribution in [0.25, 0.3) is 0 Å².